The zero-order chi connectivity index (χ0) is 25.5. The highest BCUT2D eigenvalue weighted by Crippen LogP contribution is 2.38. The molecule has 0 spiro atoms. The molecule has 4 rings (SSSR count). The van der Waals surface area contributed by atoms with E-state index in [1.165, 1.54) is 11.6 Å². The summed E-state index contributed by atoms with van der Waals surface area (Å²) in [4.78, 5) is 15.1. The molecule has 3 aromatic carbocycles. The van der Waals surface area contributed by atoms with Crippen LogP contribution in [0.3, 0.4) is 0 Å². The van der Waals surface area contributed by atoms with Gasteiger partial charge in [-0.25, -0.2) is 4.39 Å². The Bertz CT molecular complexity index is 1150. The number of carbonyl (C=O) groups excluding carboxylic acids is 1. The Kier molecular flexibility index (Phi) is 8.76. The van der Waals surface area contributed by atoms with Gasteiger partial charge in [-0.15, -0.1) is 0 Å². The number of halogens is 1. The highest BCUT2D eigenvalue weighted by molar-refractivity contribution is 5.81. The molecule has 1 aliphatic heterocycles. The predicted octanol–water partition coefficient (Wildman–Crippen LogP) is 6.29. The van der Waals surface area contributed by atoms with Gasteiger partial charge < -0.3 is 10.1 Å². The van der Waals surface area contributed by atoms with Crippen LogP contribution in [0.2, 0.25) is 0 Å². The number of benzene rings is 3. The smallest absolute Gasteiger partial charge is 0.261 e. The van der Waals surface area contributed by atoms with E-state index in [0.29, 0.717) is 36.7 Å². The number of hydrogen-bond acceptors (Lipinski definition) is 3. The second-order valence-corrected chi connectivity index (χ2v) is 9.97. The molecule has 0 saturated carbocycles. The quantitative estimate of drug-likeness (QED) is 0.364. The van der Waals surface area contributed by atoms with E-state index in [2.05, 4.69) is 48.3 Å². The Morgan fingerprint density at radius 1 is 1.08 bits per heavy atom. The molecule has 1 aliphatic rings. The molecule has 1 N–H and O–H groups in total. The van der Waals surface area contributed by atoms with Crippen molar-refractivity contribution in [2.75, 3.05) is 13.1 Å². The molecule has 4 nitrogen and oxygen atoms in total. The summed E-state index contributed by atoms with van der Waals surface area (Å²) in [5.41, 5.74) is 4.26. The maximum Gasteiger partial charge on any atom is 0.261 e. The van der Waals surface area contributed by atoms with Crippen LogP contribution in [0.5, 0.6) is 5.75 Å². The van der Waals surface area contributed by atoms with Crippen LogP contribution in [0.15, 0.2) is 72.8 Å². The average molecular weight is 489 g/mol. The number of fused-ring (bicyclic) bond motifs is 1. The van der Waals surface area contributed by atoms with Crippen LogP contribution in [-0.2, 0) is 17.8 Å². The summed E-state index contributed by atoms with van der Waals surface area (Å²) in [5, 5.41) is 3.01. The Morgan fingerprint density at radius 2 is 1.83 bits per heavy atom. The lowest BCUT2D eigenvalue weighted by molar-refractivity contribution is -0.128. The van der Waals surface area contributed by atoms with Gasteiger partial charge in [0, 0.05) is 25.2 Å². The van der Waals surface area contributed by atoms with Gasteiger partial charge in [-0.05, 0) is 60.1 Å². The van der Waals surface area contributed by atoms with Crippen molar-refractivity contribution in [3.05, 3.63) is 101 Å². The number of rotatable bonds is 10. The summed E-state index contributed by atoms with van der Waals surface area (Å²) in [5.74, 6) is 0.973. The standard InChI is InChI=1S/C31H37FN2O2/c1-4-29(31(35)33-18-16-22(2)3)36-26-15-14-23-17-19-34(21-25-12-8-9-13-28(25)32)30(27(23)20-26)24-10-6-5-7-11-24/h5-15,20,22,29-30H,4,16-19,21H2,1-3H3,(H,33,35)/t29-,30-/m1/s1. The van der Waals surface area contributed by atoms with Gasteiger partial charge in [0.25, 0.3) is 5.91 Å². The molecule has 5 heteroatoms. The largest absolute Gasteiger partial charge is 0.481 e. The summed E-state index contributed by atoms with van der Waals surface area (Å²) < 4.78 is 20.8. The number of amides is 1. The zero-order valence-electron chi connectivity index (χ0n) is 21.5. The van der Waals surface area contributed by atoms with Crippen molar-refractivity contribution in [3.63, 3.8) is 0 Å². The molecule has 3 aromatic rings. The summed E-state index contributed by atoms with van der Waals surface area (Å²) in [7, 11) is 0. The summed E-state index contributed by atoms with van der Waals surface area (Å²) in [6.45, 7) is 8.26. The van der Waals surface area contributed by atoms with Crippen molar-refractivity contribution in [1.82, 2.24) is 10.2 Å². The summed E-state index contributed by atoms with van der Waals surface area (Å²) in [6.07, 6.45) is 1.87. The fourth-order valence-electron chi connectivity index (χ4n) is 4.84. The first-order valence-corrected chi connectivity index (χ1v) is 13.1. The number of nitrogens with one attached hydrogen (secondary N) is 1. The molecule has 0 fully saturated rings. The molecule has 1 amide bonds. The first-order chi connectivity index (χ1) is 17.5. The fourth-order valence-corrected chi connectivity index (χ4v) is 4.84. The van der Waals surface area contributed by atoms with Crippen molar-refractivity contribution >= 4 is 5.91 Å². The normalized spacial score (nSPS) is 16.4. The van der Waals surface area contributed by atoms with E-state index >= 15 is 0 Å². The van der Waals surface area contributed by atoms with Crippen LogP contribution < -0.4 is 10.1 Å². The van der Waals surface area contributed by atoms with Crippen LogP contribution in [0.4, 0.5) is 4.39 Å². The molecule has 36 heavy (non-hydrogen) atoms. The van der Waals surface area contributed by atoms with Gasteiger partial charge in [0.05, 0.1) is 6.04 Å². The minimum atomic E-state index is -0.538. The minimum Gasteiger partial charge on any atom is -0.481 e. The molecule has 0 aromatic heterocycles. The van der Waals surface area contributed by atoms with Crippen LogP contribution in [0.1, 0.15) is 61.9 Å². The van der Waals surface area contributed by atoms with Gasteiger partial charge in [-0.1, -0.05) is 75.4 Å². The van der Waals surface area contributed by atoms with Crippen LogP contribution in [-0.4, -0.2) is 30.0 Å². The van der Waals surface area contributed by atoms with E-state index in [0.717, 1.165) is 30.5 Å². The van der Waals surface area contributed by atoms with Gasteiger partial charge in [0.1, 0.15) is 11.6 Å². The van der Waals surface area contributed by atoms with E-state index < -0.39 is 6.10 Å². The molecular weight excluding hydrogens is 451 g/mol. The van der Waals surface area contributed by atoms with Crippen molar-refractivity contribution in [2.45, 2.75) is 58.7 Å². The molecule has 0 bridgehead atoms. The lowest BCUT2D eigenvalue weighted by atomic mass is 9.87. The van der Waals surface area contributed by atoms with Crippen LogP contribution >= 0.6 is 0 Å². The third kappa shape index (κ3) is 6.33. The monoisotopic (exact) mass is 488 g/mol. The SMILES string of the molecule is CC[C@@H](Oc1ccc2c(c1)[C@@H](c1ccccc1)N(Cc1ccccc1F)CC2)C(=O)NCCC(C)C. The van der Waals surface area contributed by atoms with E-state index in [1.807, 2.05) is 43.3 Å². The Balaban J connectivity index is 1.60. The Hall–Kier alpha value is -3.18. The third-order valence-electron chi connectivity index (χ3n) is 6.85. The van der Waals surface area contributed by atoms with Crippen molar-refractivity contribution in [2.24, 2.45) is 5.92 Å². The van der Waals surface area contributed by atoms with E-state index in [-0.39, 0.29) is 17.8 Å². The minimum absolute atomic E-state index is 0.0296. The highest BCUT2D eigenvalue weighted by Gasteiger charge is 2.30. The number of hydrogen-bond donors (Lipinski definition) is 1. The molecule has 0 saturated heterocycles. The molecule has 2 atom stereocenters. The topological polar surface area (TPSA) is 41.6 Å². The first kappa shape index (κ1) is 25.9. The van der Waals surface area contributed by atoms with Crippen LogP contribution in [0, 0.1) is 11.7 Å². The predicted molar refractivity (Wildman–Crippen MR) is 142 cm³/mol. The maximum absolute atomic E-state index is 14.5. The second-order valence-electron chi connectivity index (χ2n) is 9.97. The first-order valence-electron chi connectivity index (χ1n) is 13.1. The summed E-state index contributed by atoms with van der Waals surface area (Å²) >= 11 is 0. The second kappa shape index (κ2) is 12.2. The number of carbonyl (C=O) groups is 1. The molecule has 0 unspecified atom stereocenters. The van der Waals surface area contributed by atoms with Crippen LogP contribution in [0.25, 0.3) is 0 Å². The lowest BCUT2D eigenvalue weighted by Gasteiger charge is -2.38. The van der Waals surface area contributed by atoms with E-state index in [9.17, 15) is 9.18 Å². The third-order valence-corrected chi connectivity index (χ3v) is 6.85. The van der Waals surface area contributed by atoms with Gasteiger partial charge in [0.15, 0.2) is 6.10 Å². The van der Waals surface area contributed by atoms with Crippen molar-refractivity contribution < 1.29 is 13.9 Å². The molecule has 0 radical (unpaired) electrons. The van der Waals surface area contributed by atoms with Crippen molar-refractivity contribution in [3.8, 4) is 5.75 Å². The molecule has 190 valence electrons. The van der Waals surface area contributed by atoms with Gasteiger partial charge >= 0.3 is 0 Å². The van der Waals surface area contributed by atoms with Gasteiger partial charge in [0.2, 0.25) is 0 Å². The molecule has 1 heterocycles. The number of nitrogens with zero attached hydrogens (tertiary/aromatic N) is 1. The van der Waals surface area contributed by atoms with Gasteiger partial charge in [-0.2, -0.15) is 0 Å². The van der Waals surface area contributed by atoms with E-state index in [1.54, 1.807) is 6.07 Å². The Morgan fingerprint density at radius 3 is 2.56 bits per heavy atom. The maximum atomic E-state index is 14.5. The molecule has 0 aliphatic carbocycles. The lowest BCUT2D eigenvalue weighted by Crippen LogP contribution is -2.39. The highest BCUT2D eigenvalue weighted by atomic mass is 19.1. The summed E-state index contributed by atoms with van der Waals surface area (Å²) in [6, 6.07) is 23.5. The average Bonchev–Trinajstić information content (AvgIpc) is 2.88. The number of ether oxygens (including phenoxy) is 1. The zero-order valence-corrected chi connectivity index (χ0v) is 21.5. The fraction of sp³-hybridized carbons (Fsp3) is 0.387. The van der Waals surface area contributed by atoms with Crippen molar-refractivity contribution in [1.29, 1.82) is 0 Å². The van der Waals surface area contributed by atoms with Gasteiger partial charge in [-0.3, -0.25) is 9.69 Å². The molecular formula is C31H37FN2O2. The van der Waals surface area contributed by atoms with E-state index in [4.69, 9.17) is 4.74 Å². The Labute approximate surface area is 214 Å².